The topological polar surface area (TPSA) is 150 Å². The molecule has 6 rings (SSSR count). The maximum absolute atomic E-state index is 14.9. The first-order valence-corrected chi connectivity index (χ1v) is 17.6. The summed E-state index contributed by atoms with van der Waals surface area (Å²) < 4.78 is 36.5. The van der Waals surface area contributed by atoms with Crippen LogP contribution in [0.2, 0.25) is 0 Å². The van der Waals surface area contributed by atoms with E-state index < -0.39 is 17.7 Å². The number of methoxy groups -OCH3 is 1. The second kappa shape index (κ2) is 17.0. The predicted octanol–water partition coefficient (Wildman–Crippen LogP) is 1.70. The Balaban J connectivity index is 0.00000541. The molecule has 4 heterocycles. The zero-order chi connectivity index (χ0) is 37.0. The van der Waals surface area contributed by atoms with Crippen molar-refractivity contribution in [1.82, 2.24) is 29.9 Å². The molecule has 53 heavy (non-hydrogen) atoms. The Kier molecular flexibility index (Phi) is 12.7. The summed E-state index contributed by atoms with van der Waals surface area (Å²) in [5.41, 5.74) is 2.92. The number of imidazole rings is 1. The van der Waals surface area contributed by atoms with Gasteiger partial charge in [-0.1, -0.05) is 6.92 Å². The lowest BCUT2D eigenvalue weighted by Crippen LogP contribution is -3.00. The Morgan fingerprint density at radius 2 is 1.77 bits per heavy atom. The van der Waals surface area contributed by atoms with E-state index in [-0.39, 0.29) is 53.0 Å². The molecule has 0 aliphatic carbocycles. The number of hydrogen-bond acceptors (Lipinski definition) is 7. The molecule has 4 N–H and O–H groups in total. The van der Waals surface area contributed by atoms with Crippen LogP contribution in [-0.4, -0.2) is 107 Å². The number of likely N-dealkylation sites (N-methyl/N-ethyl adjacent to an activating group) is 1. The number of aromatic nitrogens is 3. The number of nitrogens with one attached hydrogen (secondary N) is 3. The normalized spacial score (nSPS) is 19.8. The van der Waals surface area contributed by atoms with E-state index >= 15 is 0 Å². The third kappa shape index (κ3) is 8.97. The van der Waals surface area contributed by atoms with E-state index in [9.17, 15) is 23.2 Å². The quantitative estimate of drug-likeness (QED) is 0.125. The van der Waals surface area contributed by atoms with Crippen LogP contribution in [0.5, 0.6) is 5.75 Å². The largest absolute Gasteiger partial charge is 1.00 e. The number of fused-ring (bicyclic) bond motifs is 1. The van der Waals surface area contributed by atoms with Gasteiger partial charge in [-0.3, -0.25) is 14.0 Å². The molecule has 2 aliphatic rings. The number of halogens is 3. The molecule has 2 aliphatic heterocycles. The predicted molar refractivity (Wildman–Crippen MR) is 191 cm³/mol. The van der Waals surface area contributed by atoms with Gasteiger partial charge in [-0.25, -0.2) is 19.2 Å². The number of carboxylic acid groups (broad SMARTS) is 1. The van der Waals surface area contributed by atoms with Crippen molar-refractivity contribution in [3.63, 3.8) is 0 Å². The van der Waals surface area contributed by atoms with Crippen LogP contribution in [0.4, 0.5) is 25.1 Å². The molecule has 0 spiro atoms. The van der Waals surface area contributed by atoms with E-state index in [1.807, 2.05) is 13.0 Å². The molecule has 4 aromatic rings. The Bertz CT molecular complexity index is 1970. The van der Waals surface area contributed by atoms with Crippen molar-refractivity contribution in [2.75, 3.05) is 65.3 Å². The van der Waals surface area contributed by atoms with E-state index in [1.165, 1.54) is 36.5 Å². The van der Waals surface area contributed by atoms with Crippen LogP contribution < -0.4 is 44.7 Å². The first kappa shape index (κ1) is 39.6. The first-order valence-electron chi connectivity index (χ1n) is 17.6. The van der Waals surface area contributed by atoms with Crippen LogP contribution in [0.1, 0.15) is 42.1 Å². The van der Waals surface area contributed by atoms with Crippen molar-refractivity contribution in [3.05, 3.63) is 71.7 Å². The second-order valence-corrected chi connectivity index (χ2v) is 14.0. The molecule has 2 fully saturated rings. The molecular weight excluding hydrogens is 801 g/mol. The van der Waals surface area contributed by atoms with Gasteiger partial charge < -0.3 is 59.2 Å². The SMILES string of the molecule is CCc1cc(Nc2nccn3c(-c4ccc(OC)c(F)c4F)cnc23)ccc1C(=O)NCC1CC[N+](C)(CC(=O)NCC2CCN(C(=O)O)C2)CC1.[I-]. The van der Waals surface area contributed by atoms with E-state index in [0.717, 1.165) is 37.9 Å². The Hall–Kier alpha value is -4.58. The maximum atomic E-state index is 14.9. The van der Waals surface area contributed by atoms with Crippen LogP contribution >= 0.6 is 0 Å². The van der Waals surface area contributed by atoms with E-state index in [0.29, 0.717) is 78.0 Å². The number of carbonyl (C=O) groups is 3. The Labute approximate surface area is 323 Å². The number of ether oxygens (including phenoxy) is 1. The van der Waals surface area contributed by atoms with Crippen molar-refractivity contribution in [3.8, 4) is 17.0 Å². The third-order valence-electron chi connectivity index (χ3n) is 10.3. The highest BCUT2D eigenvalue weighted by Crippen LogP contribution is 2.32. The number of rotatable bonds is 12. The number of amides is 3. The van der Waals surface area contributed by atoms with Crippen LogP contribution in [0, 0.1) is 23.5 Å². The number of carbonyl (C=O) groups excluding carboxylic acids is 2. The average molecular weight is 847 g/mol. The summed E-state index contributed by atoms with van der Waals surface area (Å²) in [6.07, 6.45) is 6.85. The van der Waals surface area contributed by atoms with Gasteiger partial charge in [0.15, 0.2) is 29.6 Å². The summed E-state index contributed by atoms with van der Waals surface area (Å²) in [5.74, 6) is -1.61. The molecule has 284 valence electrons. The minimum atomic E-state index is -1.08. The smallest absolute Gasteiger partial charge is 0.407 e. The van der Waals surface area contributed by atoms with E-state index in [4.69, 9.17) is 9.84 Å². The first-order chi connectivity index (χ1) is 25.0. The number of piperidine rings is 1. The standard InChI is InChI=1S/C37H44F2N8O5.HI/c1-4-25-17-26(44-34-35-42-20-29(46(35)14-12-40-34)28-7-8-30(52-3)33(39)32(28)38)5-6-27(25)36(49)43-18-23-10-15-47(2,16-11-23)22-31(48)41-19-24-9-13-45(21-24)37(50)51;/h5-8,12,14,17,20,23-24H,4,9-11,13,15-16,18-19,21-22H2,1-3H3,(H3-,40,41,43,44,48,49,50,51);1H. The molecule has 2 saturated heterocycles. The minimum absolute atomic E-state index is 0. The number of nitrogens with zero attached hydrogens (tertiary/aromatic N) is 5. The number of benzene rings is 2. The lowest BCUT2D eigenvalue weighted by atomic mass is 9.94. The van der Waals surface area contributed by atoms with E-state index in [2.05, 4.69) is 33.0 Å². The molecule has 3 amide bonds. The van der Waals surface area contributed by atoms with Gasteiger partial charge in [0.25, 0.3) is 11.8 Å². The molecule has 0 saturated carbocycles. The Morgan fingerprint density at radius 1 is 1.02 bits per heavy atom. The van der Waals surface area contributed by atoms with Crippen LogP contribution in [-0.2, 0) is 11.2 Å². The summed E-state index contributed by atoms with van der Waals surface area (Å²) in [6, 6.07) is 8.28. The minimum Gasteiger partial charge on any atom is -1.00 e. The van der Waals surface area contributed by atoms with Crippen molar-refractivity contribution in [1.29, 1.82) is 0 Å². The zero-order valence-electron chi connectivity index (χ0n) is 30.0. The molecule has 2 aromatic heterocycles. The summed E-state index contributed by atoms with van der Waals surface area (Å²) in [5, 5.41) is 18.5. The highest BCUT2D eigenvalue weighted by Gasteiger charge is 2.33. The molecule has 0 radical (unpaired) electrons. The van der Waals surface area contributed by atoms with Crippen LogP contribution in [0.15, 0.2) is 48.9 Å². The fourth-order valence-corrected chi connectivity index (χ4v) is 7.19. The molecular formula is C37H45F2IN8O5. The van der Waals surface area contributed by atoms with Crippen molar-refractivity contribution >= 4 is 35.1 Å². The van der Waals surface area contributed by atoms with Crippen molar-refractivity contribution in [2.45, 2.75) is 32.6 Å². The molecule has 0 bridgehead atoms. The number of likely N-dealkylation sites (tertiary alicyclic amines) is 2. The highest BCUT2D eigenvalue weighted by molar-refractivity contribution is 5.96. The second-order valence-electron chi connectivity index (χ2n) is 14.0. The van der Waals surface area contributed by atoms with Gasteiger partial charge in [0.1, 0.15) is 0 Å². The summed E-state index contributed by atoms with van der Waals surface area (Å²) >= 11 is 0. The number of anilines is 2. The van der Waals surface area contributed by atoms with Gasteiger partial charge in [0.2, 0.25) is 5.82 Å². The fraction of sp³-hybridized carbons (Fsp3) is 0.432. The highest BCUT2D eigenvalue weighted by atomic mass is 127. The lowest BCUT2D eigenvalue weighted by molar-refractivity contribution is -0.907. The Morgan fingerprint density at radius 3 is 2.47 bits per heavy atom. The third-order valence-corrected chi connectivity index (χ3v) is 10.3. The summed E-state index contributed by atoms with van der Waals surface area (Å²) in [6.45, 7) is 6.01. The van der Waals surface area contributed by atoms with Crippen molar-refractivity contribution < 1.29 is 61.5 Å². The maximum Gasteiger partial charge on any atom is 0.407 e. The van der Waals surface area contributed by atoms with E-state index in [1.54, 1.807) is 22.7 Å². The number of quaternary nitrogens is 1. The zero-order valence-corrected chi connectivity index (χ0v) is 32.2. The molecule has 2 aromatic carbocycles. The monoisotopic (exact) mass is 846 g/mol. The summed E-state index contributed by atoms with van der Waals surface area (Å²) in [4.78, 5) is 47.5. The lowest BCUT2D eigenvalue weighted by Gasteiger charge is -2.40. The molecule has 1 atom stereocenters. The number of aryl methyl sites for hydroxylation is 1. The molecule has 16 heteroatoms. The summed E-state index contributed by atoms with van der Waals surface area (Å²) in [7, 11) is 3.36. The van der Waals surface area contributed by atoms with Crippen LogP contribution in [0.3, 0.4) is 0 Å². The van der Waals surface area contributed by atoms with Gasteiger partial charge in [-0.05, 0) is 60.6 Å². The van der Waals surface area contributed by atoms with Crippen LogP contribution in [0.25, 0.3) is 16.9 Å². The molecule has 1 unspecified atom stereocenters. The van der Waals surface area contributed by atoms with Gasteiger partial charge in [0.05, 0.1) is 39.1 Å². The van der Waals surface area contributed by atoms with Gasteiger partial charge >= 0.3 is 6.09 Å². The van der Waals surface area contributed by atoms with Gasteiger partial charge in [-0.15, -0.1) is 0 Å². The van der Waals surface area contributed by atoms with Gasteiger partial charge in [0, 0.05) is 68.2 Å². The fourth-order valence-electron chi connectivity index (χ4n) is 7.19. The van der Waals surface area contributed by atoms with Gasteiger partial charge in [-0.2, -0.15) is 4.39 Å². The average Bonchev–Trinajstić information content (AvgIpc) is 3.80. The molecule has 13 nitrogen and oxygen atoms in total. The van der Waals surface area contributed by atoms with Crippen molar-refractivity contribution in [2.24, 2.45) is 11.8 Å². The number of hydrogen-bond donors (Lipinski definition) is 4.